The van der Waals surface area contributed by atoms with E-state index in [0.717, 1.165) is 48.5 Å². The monoisotopic (exact) mass is 608 g/mol. The van der Waals surface area contributed by atoms with Gasteiger partial charge in [-0.25, -0.2) is 21.7 Å². The van der Waals surface area contributed by atoms with E-state index < -0.39 is 73.0 Å². The zero-order valence-corrected chi connectivity index (χ0v) is 21.2. The van der Waals surface area contributed by atoms with E-state index in [0.29, 0.717) is 0 Å². The van der Waals surface area contributed by atoms with Gasteiger partial charge in [0.15, 0.2) is 0 Å². The molecule has 2 aliphatic rings. The predicted octanol–water partition coefficient (Wildman–Crippen LogP) is -1.06. The standard InChI is InChI=1S/C24H26F6N6O6/c25-23(26,27)21(33-34-21)13-5-1-11(2-6-13)19(41)31-9-15(37)17(39)18(40)16(38)10-32-20(42)12-3-7-14(8-4-12)22(35-36-22)24(28,29)30/h1-8,15-18,33-40H,9-10H2,(H,31,41)(H,32,42)/t15-,16-,17-,18-/m1/s1. The first-order chi connectivity index (χ1) is 19.5. The molecule has 2 amide bonds. The van der Waals surface area contributed by atoms with Gasteiger partial charge in [-0.15, -0.1) is 0 Å². The van der Waals surface area contributed by atoms with Gasteiger partial charge in [0.05, 0.1) is 12.2 Å². The third-order valence-electron chi connectivity index (χ3n) is 6.84. The molecule has 0 aliphatic carbocycles. The number of hydrogen-bond donors (Lipinski definition) is 10. The Kier molecular flexibility index (Phi) is 8.55. The number of benzene rings is 2. The number of hydrazine groups is 2. The minimum absolute atomic E-state index is 0.0621. The fraction of sp³-hybridized carbons (Fsp3) is 0.417. The van der Waals surface area contributed by atoms with Gasteiger partial charge in [-0.1, -0.05) is 24.3 Å². The summed E-state index contributed by atoms with van der Waals surface area (Å²) in [4.78, 5) is 24.6. The molecule has 0 aromatic heterocycles. The van der Waals surface area contributed by atoms with Crippen LogP contribution in [0.25, 0.3) is 0 Å². The predicted molar refractivity (Wildman–Crippen MR) is 130 cm³/mol. The van der Waals surface area contributed by atoms with Crippen LogP contribution in [0.15, 0.2) is 48.5 Å². The van der Waals surface area contributed by atoms with Crippen molar-refractivity contribution in [2.45, 2.75) is 48.1 Å². The summed E-state index contributed by atoms with van der Waals surface area (Å²) < 4.78 is 78.9. The molecular weight excluding hydrogens is 582 g/mol. The van der Waals surface area contributed by atoms with Crippen LogP contribution in [0.1, 0.15) is 31.8 Å². The van der Waals surface area contributed by atoms with E-state index in [1.807, 2.05) is 21.7 Å². The number of hydrogen-bond acceptors (Lipinski definition) is 10. The second kappa shape index (κ2) is 11.4. The van der Waals surface area contributed by atoms with Gasteiger partial charge in [0.1, 0.15) is 12.2 Å². The lowest BCUT2D eigenvalue weighted by molar-refractivity contribution is -0.166. The van der Waals surface area contributed by atoms with Gasteiger partial charge < -0.3 is 31.1 Å². The molecule has 0 radical (unpaired) electrons. The van der Waals surface area contributed by atoms with Crippen molar-refractivity contribution < 1.29 is 56.4 Å². The van der Waals surface area contributed by atoms with Crippen LogP contribution >= 0.6 is 0 Å². The molecule has 0 saturated carbocycles. The first kappa shape index (κ1) is 31.6. The molecule has 0 spiro atoms. The molecule has 12 nitrogen and oxygen atoms in total. The molecule has 2 saturated heterocycles. The highest BCUT2D eigenvalue weighted by molar-refractivity contribution is 5.94. The van der Waals surface area contributed by atoms with E-state index in [-0.39, 0.29) is 22.3 Å². The summed E-state index contributed by atoms with van der Waals surface area (Å²) in [5, 5.41) is 45.1. The Morgan fingerprint density at radius 2 is 0.905 bits per heavy atom. The number of nitrogens with one attached hydrogen (secondary N) is 6. The zero-order chi connectivity index (χ0) is 31.1. The number of aliphatic hydroxyl groups is 4. The van der Waals surface area contributed by atoms with Crippen LogP contribution < -0.4 is 32.3 Å². The van der Waals surface area contributed by atoms with E-state index in [2.05, 4.69) is 10.6 Å². The summed E-state index contributed by atoms with van der Waals surface area (Å²) in [6, 6.07) is 8.76. The Morgan fingerprint density at radius 1 is 0.619 bits per heavy atom. The van der Waals surface area contributed by atoms with E-state index in [1.165, 1.54) is 0 Å². The molecule has 10 N–H and O–H groups in total. The summed E-state index contributed by atoms with van der Waals surface area (Å²) in [5.41, 5.74) is 2.76. The summed E-state index contributed by atoms with van der Waals surface area (Å²) in [6.45, 7) is -1.24. The Morgan fingerprint density at radius 3 is 1.14 bits per heavy atom. The van der Waals surface area contributed by atoms with Crippen LogP contribution in [0.5, 0.6) is 0 Å². The van der Waals surface area contributed by atoms with E-state index >= 15 is 0 Å². The van der Waals surface area contributed by atoms with Crippen LogP contribution in [-0.2, 0) is 11.3 Å². The maximum atomic E-state index is 13.1. The Balaban J connectivity index is 1.23. The van der Waals surface area contributed by atoms with Crippen molar-refractivity contribution >= 4 is 11.8 Å². The maximum Gasteiger partial charge on any atom is 0.426 e. The smallest absolute Gasteiger partial charge is 0.388 e. The highest BCUT2D eigenvalue weighted by Crippen LogP contribution is 2.43. The van der Waals surface area contributed by atoms with Gasteiger partial charge in [-0.2, -0.15) is 26.3 Å². The van der Waals surface area contributed by atoms with Gasteiger partial charge in [-0.3, -0.25) is 9.59 Å². The molecule has 18 heteroatoms. The molecule has 0 unspecified atom stereocenters. The molecule has 4 atom stereocenters. The third-order valence-corrected chi connectivity index (χ3v) is 6.84. The van der Waals surface area contributed by atoms with Crippen molar-refractivity contribution in [2.75, 3.05) is 13.1 Å². The van der Waals surface area contributed by atoms with Crippen molar-refractivity contribution in [1.29, 1.82) is 0 Å². The number of aliphatic hydroxyl groups excluding tert-OH is 4. The minimum Gasteiger partial charge on any atom is -0.388 e. The number of carbonyl (C=O) groups excluding carboxylic acids is 2. The summed E-state index contributed by atoms with van der Waals surface area (Å²) in [5.74, 6) is -1.62. The Labute approximate surface area is 233 Å². The molecule has 230 valence electrons. The second-order valence-corrected chi connectivity index (χ2v) is 9.69. The number of alkyl halides is 6. The molecule has 2 aromatic carbocycles. The summed E-state index contributed by atoms with van der Waals surface area (Å²) in [6.07, 6.45) is -16.9. The van der Waals surface area contributed by atoms with Crippen LogP contribution in [0.4, 0.5) is 26.3 Å². The number of amides is 2. The molecule has 0 bridgehead atoms. The average molecular weight is 608 g/mol. The molecule has 42 heavy (non-hydrogen) atoms. The Bertz CT molecular complexity index is 1190. The zero-order valence-electron chi connectivity index (χ0n) is 21.2. The van der Waals surface area contributed by atoms with Crippen LogP contribution in [0.3, 0.4) is 0 Å². The fourth-order valence-electron chi connectivity index (χ4n) is 4.06. The van der Waals surface area contributed by atoms with Crippen molar-refractivity contribution in [3.05, 3.63) is 70.8 Å². The average Bonchev–Trinajstić information content (AvgIpc) is 3.86. The molecule has 2 heterocycles. The van der Waals surface area contributed by atoms with E-state index in [1.54, 1.807) is 0 Å². The lowest BCUT2D eigenvalue weighted by Crippen LogP contribution is -2.51. The van der Waals surface area contributed by atoms with Crippen LogP contribution in [0.2, 0.25) is 0 Å². The third kappa shape index (κ3) is 6.20. The fourth-order valence-corrected chi connectivity index (χ4v) is 4.06. The lowest BCUT2D eigenvalue weighted by atomic mass is 10.0. The highest BCUT2D eigenvalue weighted by atomic mass is 19.4. The minimum atomic E-state index is -4.63. The Hall–Kier alpha value is -3.36. The van der Waals surface area contributed by atoms with Crippen LogP contribution in [-0.4, -0.2) is 82.1 Å². The van der Waals surface area contributed by atoms with Crippen molar-refractivity contribution in [1.82, 2.24) is 32.3 Å². The number of rotatable bonds is 11. The van der Waals surface area contributed by atoms with Crippen molar-refractivity contribution in [2.24, 2.45) is 0 Å². The van der Waals surface area contributed by atoms with Crippen molar-refractivity contribution in [3.63, 3.8) is 0 Å². The topological polar surface area (TPSA) is 227 Å². The first-order valence-corrected chi connectivity index (χ1v) is 12.2. The molecule has 2 aliphatic heterocycles. The van der Waals surface area contributed by atoms with E-state index in [4.69, 9.17) is 0 Å². The molecule has 4 rings (SSSR count). The van der Waals surface area contributed by atoms with Gasteiger partial charge in [-0.05, 0) is 35.4 Å². The molecular formula is C24H26F6N6O6. The summed E-state index contributed by atoms with van der Waals surface area (Å²) >= 11 is 0. The number of halogens is 6. The van der Waals surface area contributed by atoms with E-state index in [9.17, 15) is 56.4 Å². The summed E-state index contributed by atoms with van der Waals surface area (Å²) in [7, 11) is 0. The van der Waals surface area contributed by atoms with Gasteiger partial charge in [0.25, 0.3) is 11.8 Å². The van der Waals surface area contributed by atoms with Crippen LogP contribution in [0, 0.1) is 0 Å². The number of carbonyl (C=O) groups is 2. The SMILES string of the molecule is O=C(NC[C@@H](O)[C@@H](O)[C@H](O)[C@H](O)CNC(=O)c1ccc(C2(C(F)(F)F)NN2)cc1)c1ccc(C2(C(F)(F)F)NN2)cc1. The second-order valence-electron chi connectivity index (χ2n) is 9.69. The maximum absolute atomic E-state index is 13.1. The van der Waals surface area contributed by atoms with Gasteiger partial charge in [0.2, 0.25) is 11.3 Å². The molecule has 2 aromatic rings. The quantitative estimate of drug-likeness (QED) is 0.110. The van der Waals surface area contributed by atoms with Gasteiger partial charge >= 0.3 is 12.4 Å². The highest BCUT2D eigenvalue weighted by Gasteiger charge is 2.66. The molecule has 2 fully saturated rings. The largest absolute Gasteiger partial charge is 0.426 e. The normalized spacial score (nSPS) is 20.1. The van der Waals surface area contributed by atoms with Crippen molar-refractivity contribution in [3.8, 4) is 0 Å². The van der Waals surface area contributed by atoms with Gasteiger partial charge in [0, 0.05) is 24.2 Å². The lowest BCUT2D eigenvalue weighted by Gasteiger charge is -2.27. The first-order valence-electron chi connectivity index (χ1n) is 12.2.